The van der Waals surface area contributed by atoms with E-state index in [1.165, 1.54) is 22.3 Å². The van der Waals surface area contributed by atoms with Crippen LogP contribution in [0, 0.1) is 11.3 Å². The largest absolute Gasteiger partial charge is 0.481 e. The van der Waals surface area contributed by atoms with E-state index in [1.807, 2.05) is 41.3 Å². The molecule has 1 spiro atoms. The quantitative estimate of drug-likeness (QED) is 0.192. The molecule has 0 saturated carbocycles. The van der Waals surface area contributed by atoms with Gasteiger partial charge in [0.1, 0.15) is 0 Å². The van der Waals surface area contributed by atoms with Crippen molar-refractivity contribution in [1.29, 1.82) is 0 Å². The van der Waals surface area contributed by atoms with Gasteiger partial charge in [0.15, 0.2) is 0 Å². The summed E-state index contributed by atoms with van der Waals surface area (Å²) in [6, 6.07) is 17.1. The van der Waals surface area contributed by atoms with Gasteiger partial charge >= 0.3 is 0 Å². The minimum Gasteiger partial charge on any atom is -0.481 e. The van der Waals surface area contributed by atoms with Crippen LogP contribution in [0.1, 0.15) is 61.0 Å². The van der Waals surface area contributed by atoms with Gasteiger partial charge in [-0.2, -0.15) is 0 Å². The highest BCUT2D eigenvalue weighted by atomic mass is 35.5. The first-order chi connectivity index (χ1) is 24.7. The molecule has 9 rings (SSSR count). The first kappa shape index (κ1) is 33.2. The fourth-order valence-electron chi connectivity index (χ4n) is 9.58. The summed E-state index contributed by atoms with van der Waals surface area (Å²) in [5.74, 6) is 2.27. The minimum absolute atomic E-state index is 0.170. The second kappa shape index (κ2) is 12.5. The fraction of sp³-hybridized carbons (Fsp3) is 0.439. The number of ether oxygens (including phenoxy) is 2. The van der Waals surface area contributed by atoms with Crippen molar-refractivity contribution in [2.24, 2.45) is 11.3 Å². The van der Waals surface area contributed by atoms with Gasteiger partial charge in [-0.3, -0.25) is 14.6 Å². The standard InChI is InChI=1S/C41H43Cl2N5O3/c1-23-17-46(18-23)33-13-11-25-15-31(44-39(50-3)35(25)33)29-9-5-7-27(37(29)42)28-8-6-10-30(38(28)43)32-16-26-12-14-34(36(26)40(45-32)51-4)48-21-41(22-48)19-47(20-41)24(2)49/h5-10,15-16,23,33-34H,11-14,17-22H2,1-4H3/t33-,34+/m1/s1. The number of amides is 1. The molecule has 264 valence electrons. The van der Waals surface area contributed by atoms with Crippen LogP contribution in [-0.4, -0.2) is 84.1 Å². The third-order valence-corrected chi connectivity index (χ3v) is 12.8. The van der Waals surface area contributed by atoms with Gasteiger partial charge in [-0.25, -0.2) is 9.97 Å². The number of carbonyl (C=O) groups excluding carboxylic acids is 1. The molecule has 3 fully saturated rings. The summed E-state index contributed by atoms with van der Waals surface area (Å²) < 4.78 is 11.9. The smallest absolute Gasteiger partial charge is 0.219 e. The molecule has 0 N–H and O–H groups in total. The Morgan fingerprint density at radius 2 is 1.22 bits per heavy atom. The van der Waals surface area contributed by atoms with Crippen molar-refractivity contribution in [2.45, 2.75) is 51.6 Å². The zero-order chi connectivity index (χ0) is 35.2. The molecule has 0 radical (unpaired) electrons. The zero-order valence-electron chi connectivity index (χ0n) is 29.6. The average Bonchev–Trinajstić information content (AvgIpc) is 3.69. The predicted octanol–water partition coefficient (Wildman–Crippen LogP) is 7.89. The van der Waals surface area contributed by atoms with E-state index in [4.69, 9.17) is 42.6 Å². The first-order valence-electron chi connectivity index (χ1n) is 18.1. The van der Waals surface area contributed by atoms with E-state index in [9.17, 15) is 4.79 Å². The van der Waals surface area contributed by atoms with Crippen LogP contribution in [0.25, 0.3) is 33.6 Å². The Hall–Kier alpha value is -3.69. The lowest BCUT2D eigenvalue weighted by atomic mass is 9.72. The lowest BCUT2D eigenvalue weighted by Gasteiger charge is -2.61. The molecule has 10 heteroatoms. The molecule has 1 amide bonds. The van der Waals surface area contributed by atoms with Gasteiger partial charge < -0.3 is 14.4 Å². The number of nitrogens with zero attached hydrogens (tertiary/aromatic N) is 5. The molecule has 3 aliphatic heterocycles. The number of benzene rings is 2. The highest BCUT2D eigenvalue weighted by Gasteiger charge is 2.55. The third kappa shape index (κ3) is 5.35. The fourth-order valence-corrected chi connectivity index (χ4v) is 10.2. The number of halogens is 2. The van der Waals surface area contributed by atoms with Gasteiger partial charge in [0.05, 0.1) is 35.7 Å². The van der Waals surface area contributed by atoms with Crippen LogP contribution in [0.5, 0.6) is 11.8 Å². The number of rotatable bonds is 7. The van der Waals surface area contributed by atoms with E-state index in [2.05, 4.69) is 28.9 Å². The van der Waals surface area contributed by atoms with Crippen LogP contribution in [0.4, 0.5) is 0 Å². The second-order valence-corrected chi connectivity index (χ2v) is 16.2. The summed E-state index contributed by atoms with van der Waals surface area (Å²) in [4.78, 5) is 28.9. The van der Waals surface area contributed by atoms with Crippen molar-refractivity contribution < 1.29 is 14.3 Å². The molecule has 0 unspecified atom stereocenters. The molecule has 4 aromatic rings. The summed E-state index contributed by atoms with van der Waals surface area (Å²) >= 11 is 14.5. The Morgan fingerprint density at radius 1 is 0.745 bits per heavy atom. The lowest BCUT2D eigenvalue weighted by Crippen LogP contribution is -2.72. The summed E-state index contributed by atoms with van der Waals surface area (Å²) in [6.45, 7) is 9.96. The Kier molecular flexibility index (Phi) is 8.11. The van der Waals surface area contributed by atoms with Crippen LogP contribution in [0.3, 0.4) is 0 Å². The van der Waals surface area contributed by atoms with Crippen LogP contribution >= 0.6 is 23.2 Å². The maximum Gasteiger partial charge on any atom is 0.219 e. The molecule has 2 aromatic carbocycles. The molecule has 2 aromatic heterocycles. The maximum absolute atomic E-state index is 11.8. The van der Waals surface area contributed by atoms with Crippen molar-refractivity contribution in [1.82, 2.24) is 24.7 Å². The van der Waals surface area contributed by atoms with Crippen molar-refractivity contribution >= 4 is 29.1 Å². The predicted molar refractivity (Wildman–Crippen MR) is 201 cm³/mol. The van der Waals surface area contributed by atoms with Crippen LogP contribution < -0.4 is 9.47 Å². The number of methoxy groups -OCH3 is 2. The average molecular weight is 725 g/mol. The molecule has 2 aliphatic carbocycles. The van der Waals surface area contributed by atoms with Crippen molar-refractivity contribution in [3.63, 3.8) is 0 Å². The molecule has 2 atom stereocenters. The molecule has 5 aliphatic rings. The summed E-state index contributed by atoms with van der Waals surface area (Å²) in [5, 5.41) is 1.20. The van der Waals surface area contributed by atoms with E-state index >= 15 is 0 Å². The van der Waals surface area contributed by atoms with Gasteiger partial charge in [-0.05, 0) is 54.9 Å². The van der Waals surface area contributed by atoms with E-state index in [-0.39, 0.29) is 17.4 Å². The summed E-state index contributed by atoms with van der Waals surface area (Å²) in [7, 11) is 3.41. The van der Waals surface area contributed by atoms with E-state index in [0.29, 0.717) is 27.8 Å². The Labute approximate surface area is 309 Å². The summed E-state index contributed by atoms with van der Waals surface area (Å²) in [5.41, 5.74) is 10.2. The highest BCUT2D eigenvalue weighted by molar-refractivity contribution is 6.39. The number of likely N-dealkylation sites (tertiary alicyclic amines) is 3. The molecule has 8 nitrogen and oxygen atoms in total. The normalized spacial score (nSPS) is 22.3. The van der Waals surface area contributed by atoms with Gasteiger partial charge in [-0.1, -0.05) is 66.5 Å². The molecule has 0 bridgehead atoms. The molecular formula is C41H43Cl2N5O3. The van der Waals surface area contributed by atoms with Gasteiger partial charge in [0, 0.05) is 97.1 Å². The number of fused-ring (bicyclic) bond motifs is 2. The van der Waals surface area contributed by atoms with Crippen molar-refractivity contribution in [3.05, 3.63) is 80.8 Å². The van der Waals surface area contributed by atoms with Crippen molar-refractivity contribution in [2.75, 3.05) is 53.5 Å². The minimum atomic E-state index is 0.170. The highest BCUT2D eigenvalue weighted by Crippen LogP contribution is 2.51. The van der Waals surface area contributed by atoms with Gasteiger partial charge in [0.2, 0.25) is 17.7 Å². The number of aromatic nitrogens is 2. The number of pyridine rings is 2. The van der Waals surface area contributed by atoms with Crippen LogP contribution in [0.15, 0.2) is 48.5 Å². The first-order valence-corrected chi connectivity index (χ1v) is 18.9. The molecule has 3 saturated heterocycles. The van der Waals surface area contributed by atoms with Crippen LogP contribution in [0.2, 0.25) is 10.0 Å². The Balaban J connectivity index is 1.01. The maximum atomic E-state index is 11.8. The number of carbonyl (C=O) groups is 1. The molecular weight excluding hydrogens is 681 g/mol. The van der Waals surface area contributed by atoms with E-state index in [0.717, 1.165) is 105 Å². The molecule has 51 heavy (non-hydrogen) atoms. The van der Waals surface area contributed by atoms with E-state index in [1.54, 1.807) is 21.1 Å². The monoisotopic (exact) mass is 723 g/mol. The van der Waals surface area contributed by atoms with Crippen molar-refractivity contribution in [3.8, 4) is 45.4 Å². The third-order valence-electron chi connectivity index (χ3n) is 12.0. The number of hydrogen-bond donors (Lipinski definition) is 0. The van der Waals surface area contributed by atoms with Gasteiger partial charge in [-0.15, -0.1) is 0 Å². The lowest BCUT2D eigenvalue weighted by molar-refractivity contribution is -0.161. The number of aryl methyl sites for hydroxylation is 2. The Morgan fingerprint density at radius 3 is 1.67 bits per heavy atom. The van der Waals surface area contributed by atoms with Gasteiger partial charge in [0.25, 0.3) is 0 Å². The van der Waals surface area contributed by atoms with Crippen LogP contribution in [-0.2, 0) is 17.6 Å². The second-order valence-electron chi connectivity index (χ2n) is 15.5. The topological polar surface area (TPSA) is 71.0 Å². The zero-order valence-corrected chi connectivity index (χ0v) is 31.2. The SMILES string of the molecule is COc1nc(-c2cccc(-c3cccc(-c4cc5c(c(OC)n4)[C@@H](N4CC6(CN(C(C)=O)C6)C4)CC5)c3Cl)c2Cl)cc2c1[C@H](N1CC(C)C1)CC2. The van der Waals surface area contributed by atoms with E-state index < -0.39 is 0 Å². The molecule has 5 heterocycles. The Bertz CT molecular complexity index is 2070. The number of hydrogen-bond acceptors (Lipinski definition) is 7. The summed E-state index contributed by atoms with van der Waals surface area (Å²) in [6.07, 6.45) is 4.06.